The lowest BCUT2D eigenvalue weighted by Gasteiger charge is -2.24. The van der Waals surface area contributed by atoms with E-state index in [1.54, 1.807) is 42.5 Å². The number of para-hydroxylation sites is 1. The molecule has 3 aromatic rings. The minimum Gasteiger partial charge on any atom is -0.350 e. The van der Waals surface area contributed by atoms with Crippen LogP contribution in [0.15, 0.2) is 83.8 Å². The second-order valence-corrected chi connectivity index (χ2v) is 9.84. The smallest absolute Gasteiger partial charge is 0.269 e. The fourth-order valence-electron chi connectivity index (χ4n) is 3.29. The van der Waals surface area contributed by atoms with Crippen LogP contribution in [0.5, 0.6) is 0 Å². The molecule has 0 heterocycles. The lowest BCUT2D eigenvalue weighted by molar-refractivity contribution is -0.384. The van der Waals surface area contributed by atoms with Crippen molar-refractivity contribution in [2.75, 3.05) is 16.2 Å². The molecule has 0 saturated carbocycles. The third kappa shape index (κ3) is 6.25. The number of carbonyl (C=O) groups excluding carboxylic acids is 2. The summed E-state index contributed by atoms with van der Waals surface area (Å²) < 4.78 is 27.7. The molecule has 10 nitrogen and oxygen atoms in total. The minimum atomic E-state index is -4.20. The molecule has 0 saturated heterocycles. The van der Waals surface area contributed by atoms with Crippen molar-refractivity contribution < 1.29 is 22.9 Å². The van der Waals surface area contributed by atoms with E-state index in [-0.39, 0.29) is 39.5 Å². The Hall–Kier alpha value is -4.25. The van der Waals surface area contributed by atoms with Crippen molar-refractivity contribution in [3.05, 3.63) is 94.5 Å². The van der Waals surface area contributed by atoms with Gasteiger partial charge in [-0.25, -0.2) is 8.42 Å². The lowest BCUT2D eigenvalue weighted by atomic mass is 10.1. The van der Waals surface area contributed by atoms with Crippen LogP contribution in [0, 0.1) is 10.1 Å². The molecule has 3 aromatic carbocycles. The monoisotopic (exact) mass is 510 g/mol. The van der Waals surface area contributed by atoms with Crippen LogP contribution in [-0.2, 0) is 14.8 Å². The van der Waals surface area contributed by atoms with E-state index in [1.165, 1.54) is 24.3 Å². The van der Waals surface area contributed by atoms with E-state index in [2.05, 4.69) is 10.6 Å². The molecule has 36 heavy (non-hydrogen) atoms. The Morgan fingerprint density at radius 2 is 1.58 bits per heavy atom. The Morgan fingerprint density at radius 1 is 0.972 bits per heavy atom. The van der Waals surface area contributed by atoms with E-state index in [4.69, 9.17) is 0 Å². The van der Waals surface area contributed by atoms with Crippen molar-refractivity contribution >= 4 is 38.9 Å². The van der Waals surface area contributed by atoms with Crippen molar-refractivity contribution in [3.63, 3.8) is 0 Å². The first-order valence-electron chi connectivity index (χ1n) is 11.2. The maximum absolute atomic E-state index is 13.4. The summed E-state index contributed by atoms with van der Waals surface area (Å²) in [5.74, 6) is -1.07. The van der Waals surface area contributed by atoms with E-state index in [1.807, 2.05) is 13.8 Å². The quantitative estimate of drug-likeness (QED) is 0.313. The molecule has 1 atom stereocenters. The van der Waals surface area contributed by atoms with Gasteiger partial charge >= 0.3 is 0 Å². The number of rotatable bonds is 10. The van der Waals surface area contributed by atoms with Crippen molar-refractivity contribution in [1.29, 1.82) is 0 Å². The molecule has 0 fully saturated rings. The van der Waals surface area contributed by atoms with Crippen LogP contribution in [0.25, 0.3) is 0 Å². The fraction of sp³-hybridized carbons (Fsp3) is 0.200. The van der Waals surface area contributed by atoms with Crippen LogP contribution < -0.4 is 14.9 Å². The zero-order valence-electron chi connectivity index (χ0n) is 19.7. The summed E-state index contributed by atoms with van der Waals surface area (Å²) in [6.45, 7) is 3.16. The SMILES string of the molecule is CCC(C)NC(=O)c1ccccc1NC(=O)CN(c1ccc([N+](=O)[O-])cc1)S(=O)(=O)c1ccccc1. The third-order valence-corrected chi connectivity index (χ3v) is 7.19. The van der Waals surface area contributed by atoms with Gasteiger partial charge in [-0.2, -0.15) is 0 Å². The number of amides is 2. The number of nitro groups is 1. The minimum absolute atomic E-state index is 0.0514. The first kappa shape index (κ1) is 26.4. The van der Waals surface area contributed by atoms with Crippen LogP contribution in [0.1, 0.15) is 30.6 Å². The van der Waals surface area contributed by atoms with Crippen LogP contribution in [0.4, 0.5) is 17.1 Å². The standard InChI is InChI=1S/C25H26N4O6S/c1-3-18(2)26-25(31)22-11-7-8-12-23(22)27-24(30)17-28(19-13-15-20(16-14-19)29(32)33)36(34,35)21-9-5-4-6-10-21/h4-16,18H,3,17H2,1-2H3,(H,26,31)(H,27,30). The number of benzene rings is 3. The van der Waals surface area contributed by atoms with Gasteiger partial charge in [0.05, 0.1) is 26.8 Å². The van der Waals surface area contributed by atoms with Crippen LogP contribution in [0.3, 0.4) is 0 Å². The maximum Gasteiger partial charge on any atom is 0.269 e. The number of hydrogen-bond acceptors (Lipinski definition) is 6. The molecule has 3 rings (SSSR count). The first-order chi connectivity index (χ1) is 17.1. The molecule has 0 spiro atoms. The van der Waals surface area contributed by atoms with Gasteiger partial charge in [0.25, 0.3) is 21.6 Å². The highest BCUT2D eigenvalue weighted by Gasteiger charge is 2.28. The van der Waals surface area contributed by atoms with Crippen molar-refractivity contribution in [2.45, 2.75) is 31.2 Å². The van der Waals surface area contributed by atoms with E-state index in [0.717, 1.165) is 22.9 Å². The lowest BCUT2D eigenvalue weighted by Crippen LogP contribution is -2.38. The van der Waals surface area contributed by atoms with Gasteiger partial charge in [-0.15, -0.1) is 0 Å². The Kier molecular flexibility index (Phi) is 8.38. The van der Waals surface area contributed by atoms with Gasteiger partial charge in [0, 0.05) is 18.2 Å². The summed E-state index contributed by atoms with van der Waals surface area (Å²) >= 11 is 0. The molecule has 2 N–H and O–H groups in total. The van der Waals surface area contributed by atoms with Gasteiger partial charge in [0.15, 0.2) is 0 Å². The summed E-state index contributed by atoms with van der Waals surface area (Å²) in [5, 5.41) is 16.5. The number of nitrogens with zero attached hydrogens (tertiary/aromatic N) is 2. The van der Waals surface area contributed by atoms with Gasteiger partial charge in [-0.1, -0.05) is 37.3 Å². The molecule has 0 bridgehead atoms. The average molecular weight is 511 g/mol. The van der Waals surface area contributed by atoms with Crippen molar-refractivity contribution in [2.24, 2.45) is 0 Å². The van der Waals surface area contributed by atoms with Crippen LogP contribution >= 0.6 is 0 Å². The average Bonchev–Trinajstić information content (AvgIpc) is 2.88. The Labute approximate surface area is 209 Å². The number of hydrogen-bond donors (Lipinski definition) is 2. The Morgan fingerprint density at radius 3 is 2.19 bits per heavy atom. The molecular formula is C25H26N4O6S. The van der Waals surface area contributed by atoms with E-state index in [9.17, 15) is 28.1 Å². The zero-order chi connectivity index (χ0) is 26.3. The number of nitrogens with one attached hydrogen (secondary N) is 2. The summed E-state index contributed by atoms with van der Waals surface area (Å²) in [7, 11) is -4.20. The number of anilines is 2. The van der Waals surface area contributed by atoms with Gasteiger partial charge in [-0.3, -0.25) is 24.0 Å². The molecule has 0 aliphatic carbocycles. The van der Waals surface area contributed by atoms with E-state index in [0.29, 0.717) is 0 Å². The van der Waals surface area contributed by atoms with Crippen molar-refractivity contribution in [1.82, 2.24) is 5.32 Å². The van der Waals surface area contributed by atoms with E-state index < -0.39 is 27.4 Å². The summed E-state index contributed by atoms with van der Waals surface area (Å²) in [4.78, 5) is 36.1. The van der Waals surface area contributed by atoms with Gasteiger partial charge < -0.3 is 10.6 Å². The molecule has 1 unspecified atom stereocenters. The number of carbonyl (C=O) groups is 2. The maximum atomic E-state index is 13.4. The highest BCUT2D eigenvalue weighted by Crippen LogP contribution is 2.26. The Bertz CT molecular complexity index is 1340. The van der Waals surface area contributed by atoms with Crippen molar-refractivity contribution in [3.8, 4) is 0 Å². The fourth-order valence-corrected chi connectivity index (χ4v) is 4.73. The molecule has 0 aliphatic heterocycles. The predicted molar refractivity (Wildman–Crippen MR) is 136 cm³/mol. The largest absolute Gasteiger partial charge is 0.350 e. The molecule has 2 amide bonds. The van der Waals surface area contributed by atoms with Crippen LogP contribution in [0.2, 0.25) is 0 Å². The number of nitro benzene ring substituents is 1. The van der Waals surface area contributed by atoms with E-state index >= 15 is 0 Å². The Balaban J connectivity index is 1.92. The molecule has 11 heteroatoms. The summed E-state index contributed by atoms with van der Waals surface area (Å²) in [5.41, 5.74) is 0.312. The normalized spacial score (nSPS) is 11.8. The highest BCUT2D eigenvalue weighted by atomic mass is 32.2. The highest BCUT2D eigenvalue weighted by molar-refractivity contribution is 7.92. The van der Waals surface area contributed by atoms with Gasteiger partial charge in [0.2, 0.25) is 5.91 Å². The second kappa shape index (κ2) is 11.5. The number of sulfonamides is 1. The molecule has 0 aliphatic rings. The molecule has 0 radical (unpaired) electrons. The molecule has 188 valence electrons. The molecular weight excluding hydrogens is 484 g/mol. The van der Waals surface area contributed by atoms with Gasteiger partial charge in [0.1, 0.15) is 6.54 Å². The number of non-ortho nitro benzene ring substituents is 1. The molecule has 0 aromatic heterocycles. The van der Waals surface area contributed by atoms with Crippen LogP contribution in [-0.4, -0.2) is 37.7 Å². The summed E-state index contributed by atoms with van der Waals surface area (Å²) in [6.07, 6.45) is 0.724. The second-order valence-electron chi connectivity index (χ2n) is 7.97. The van der Waals surface area contributed by atoms with Gasteiger partial charge in [-0.05, 0) is 49.7 Å². The first-order valence-corrected chi connectivity index (χ1v) is 12.6. The summed E-state index contributed by atoms with van der Waals surface area (Å²) in [6, 6.07) is 18.7. The predicted octanol–water partition coefficient (Wildman–Crippen LogP) is 3.96. The topological polar surface area (TPSA) is 139 Å². The zero-order valence-corrected chi connectivity index (χ0v) is 20.6. The third-order valence-electron chi connectivity index (χ3n) is 5.40.